The van der Waals surface area contributed by atoms with Crippen LogP contribution in [0.5, 0.6) is 0 Å². The molecule has 2 rings (SSSR count). The average molecular weight is 207 g/mol. The van der Waals surface area contributed by atoms with Crippen molar-refractivity contribution in [2.45, 2.75) is 45.4 Å². The zero-order valence-electron chi connectivity index (χ0n) is 9.71. The van der Waals surface area contributed by atoms with Crippen LogP contribution in [0, 0.1) is 5.92 Å². The van der Waals surface area contributed by atoms with Crippen molar-refractivity contribution in [3.05, 3.63) is 17.0 Å². The number of hydrogen-bond acceptors (Lipinski definition) is 2. The quantitative estimate of drug-likeness (QED) is 0.796. The van der Waals surface area contributed by atoms with Gasteiger partial charge in [0.1, 0.15) is 0 Å². The summed E-state index contributed by atoms with van der Waals surface area (Å²) >= 11 is 0. The maximum atomic E-state index is 5.79. The third kappa shape index (κ3) is 1.81. The van der Waals surface area contributed by atoms with Gasteiger partial charge in [-0.25, -0.2) is 0 Å². The Balaban J connectivity index is 2.35. The van der Waals surface area contributed by atoms with Gasteiger partial charge in [-0.3, -0.25) is 5.10 Å². The Morgan fingerprint density at radius 2 is 2.40 bits per heavy atom. The molecule has 1 aromatic heterocycles. The molecule has 0 amide bonds. The summed E-state index contributed by atoms with van der Waals surface area (Å²) in [5, 5.41) is 7.61. The summed E-state index contributed by atoms with van der Waals surface area (Å²) in [6.07, 6.45) is 4.74. The predicted octanol–water partition coefficient (Wildman–Crippen LogP) is 1.99. The molecular formula is C12H21N3. The molecule has 1 aliphatic rings. The molecule has 84 valence electrons. The van der Waals surface area contributed by atoms with Crippen LogP contribution in [0.25, 0.3) is 0 Å². The fourth-order valence-corrected chi connectivity index (χ4v) is 2.70. The van der Waals surface area contributed by atoms with Gasteiger partial charge in [-0.05, 0) is 49.6 Å². The van der Waals surface area contributed by atoms with Gasteiger partial charge in [0.2, 0.25) is 0 Å². The first-order chi connectivity index (χ1) is 7.27. The molecule has 0 saturated carbocycles. The molecule has 0 bridgehead atoms. The topological polar surface area (TPSA) is 54.7 Å². The minimum absolute atomic E-state index is 0.576. The van der Waals surface area contributed by atoms with Gasteiger partial charge < -0.3 is 5.73 Å². The maximum Gasteiger partial charge on any atom is 0.0657 e. The lowest BCUT2D eigenvalue weighted by molar-refractivity contribution is 0.410. The molecule has 3 nitrogen and oxygen atoms in total. The zero-order valence-corrected chi connectivity index (χ0v) is 9.71. The highest BCUT2D eigenvalue weighted by atomic mass is 15.1. The number of H-pyrrole nitrogens is 1. The average Bonchev–Trinajstić information content (AvgIpc) is 2.70. The van der Waals surface area contributed by atoms with E-state index in [1.165, 1.54) is 29.8 Å². The van der Waals surface area contributed by atoms with Crippen LogP contribution < -0.4 is 5.73 Å². The van der Waals surface area contributed by atoms with Crippen LogP contribution in [0.15, 0.2) is 0 Å². The van der Waals surface area contributed by atoms with Crippen LogP contribution in [0.1, 0.15) is 49.6 Å². The van der Waals surface area contributed by atoms with E-state index < -0.39 is 0 Å². The van der Waals surface area contributed by atoms with Crippen molar-refractivity contribution in [1.82, 2.24) is 10.2 Å². The Labute approximate surface area is 91.4 Å². The van der Waals surface area contributed by atoms with Crippen molar-refractivity contribution >= 4 is 0 Å². The number of rotatable bonds is 3. The van der Waals surface area contributed by atoms with Gasteiger partial charge in [-0.15, -0.1) is 0 Å². The minimum Gasteiger partial charge on any atom is -0.330 e. The molecule has 0 fully saturated rings. The zero-order chi connectivity index (χ0) is 10.8. The van der Waals surface area contributed by atoms with Crippen LogP contribution in [0.3, 0.4) is 0 Å². The van der Waals surface area contributed by atoms with Crippen LogP contribution in [0.4, 0.5) is 0 Å². The second-order valence-corrected chi connectivity index (χ2v) is 4.63. The van der Waals surface area contributed by atoms with E-state index in [2.05, 4.69) is 24.0 Å². The number of aromatic nitrogens is 2. The summed E-state index contributed by atoms with van der Waals surface area (Å²) in [5.74, 6) is 1.21. The number of nitrogens with one attached hydrogen (secondary N) is 1. The van der Waals surface area contributed by atoms with E-state index >= 15 is 0 Å². The first-order valence-electron chi connectivity index (χ1n) is 6.04. The molecule has 1 aliphatic carbocycles. The minimum atomic E-state index is 0.576. The van der Waals surface area contributed by atoms with Crippen molar-refractivity contribution in [2.75, 3.05) is 6.54 Å². The van der Waals surface area contributed by atoms with Crippen molar-refractivity contribution in [3.8, 4) is 0 Å². The Bertz CT molecular complexity index is 316. The van der Waals surface area contributed by atoms with Crippen LogP contribution >= 0.6 is 0 Å². The van der Waals surface area contributed by atoms with E-state index in [-0.39, 0.29) is 0 Å². The lowest BCUT2D eigenvalue weighted by Gasteiger charge is -2.27. The van der Waals surface area contributed by atoms with Crippen molar-refractivity contribution in [1.29, 1.82) is 0 Å². The van der Waals surface area contributed by atoms with E-state index in [0.717, 1.165) is 19.4 Å². The second kappa shape index (κ2) is 4.35. The normalized spacial score (nSPS) is 22.5. The van der Waals surface area contributed by atoms with Gasteiger partial charge in [0.05, 0.1) is 5.69 Å². The molecule has 2 unspecified atom stereocenters. The Morgan fingerprint density at radius 1 is 1.60 bits per heavy atom. The van der Waals surface area contributed by atoms with E-state index in [0.29, 0.717) is 11.8 Å². The predicted molar refractivity (Wildman–Crippen MR) is 61.9 cm³/mol. The molecule has 0 aromatic carbocycles. The molecular weight excluding hydrogens is 186 g/mol. The smallest absolute Gasteiger partial charge is 0.0657 e. The first-order valence-corrected chi connectivity index (χ1v) is 6.04. The third-order valence-corrected chi connectivity index (χ3v) is 3.67. The standard InChI is InChI=1S/C12H21N3/c1-3-10-12-9(8(2)7-13)5-4-6-11(12)15-14-10/h8-9H,3-7,13H2,1-2H3,(H,14,15). The van der Waals surface area contributed by atoms with Gasteiger partial charge in [0.15, 0.2) is 0 Å². The lowest BCUT2D eigenvalue weighted by atomic mass is 9.77. The van der Waals surface area contributed by atoms with Gasteiger partial charge in [-0.2, -0.15) is 5.10 Å². The van der Waals surface area contributed by atoms with Gasteiger partial charge in [0.25, 0.3) is 0 Å². The van der Waals surface area contributed by atoms with E-state index in [4.69, 9.17) is 5.73 Å². The molecule has 2 atom stereocenters. The molecule has 1 aromatic rings. The summed E-state index contributed by atoms with van der Waals surface area (Å²) in [6.45, 7) is 5.21. The van der Waals surface area contributed by atoms with Crippen molar-refractivity contribution < 1.29 is 0 Å². The van der Waals surface area contributed by atoms with Gasteiger partial charge >= 0.3 is 0 Å². The number of aryl methyl sites for hydroxylation is 2. The monoisotopic (exact) mass is 207 g/mol. The largest absolute Gasteiger partial charge is 0.330 e. The first kappa shape index (κ1) is 10.7. The molecule has 0 saturated heterocycles. The summed E-state index contributed by atoms with van der Waals surface area (Å²) < 4.78 is 0. The van der Waals surface area contributed by atoms with Crippen molar-refractivity contribution in [3.63, 3.8) is 0 Å². The number of fused-ring (bicyclic) bond motifs is 1. The molecule has 15 heavy (non-hydrogen) atoms. The highest BCUT2D eigenvalue weighted by Gasteiger charge is 2.28. The van der Waals surface area contributed by atoms with Gasteiger partial charge in [0, 0.05) is 5.69 Å². The molecule has 1 heterocycles. The summed E-state index contributed by atoms with van der Waals surface area (Å²) in [4.78, 5) is 0. The fraction of sp³-hybridized carbons (Fsp3) is 0.750. The Hall–Kier alpha value is -0.830. The lowest BCUT2D eigenvalue weighted by Crippen LogP contribution is -2.23. The van der Waals surface area contributed by atoms with E-state index in [1.54, 1.807) is 0 Å². The molecule has 0 aliphatic heterocycles. The Kier molecular flexibility index (Phi) is 3.10. The SMILES string of the molecule is CCc1n[nH]c2c1C(C(C)CN)CCC2. The Morgan fingerprint density at radius 3 is 3.07 bits per heavy atom. The van der Waals surface area contributed by atoms with E-state index in [9.17, 15) is 0 Å². The number of nitrogens with two attached hydrogens (primary N) is 1. The second-order valence-electron chi connectivity index (χ2n) is 4.63. The highest BCUT2D eigenvalue weighted by Crippen LogP contribution is 2.37. The highest BCUT2D eigenvalue weighted by molar-refractivity contribution is 5.32. The molecule has 3 N–H and O–H groups in total. The molecule has 3 heteroatoms. The number of nitrogens with zero attached hydrogens (tertiary/aromatic N) is 1. The van der Waals surface area contributed by atoms with Gasteiger partial charge in [-0.1, -0.05) is 13.8 Å². The van der Waals surface area contributed by atoms with Crippen LogP contribution in [-0.4, -0.2) is 16.7 Å². The molecule has 0 radical (unpaired) electrons. The fourth-order valence-electron chi connectivity index (χ4n) is 2.70. The summed E-state index contributed by atoms with van der Waals surface area (Å²) in [5.41, 5.74) is 9.90. The summed E-state index contributed by atoms with van der Waals surface area (Å²) in [6, 6.07) is 0. The van der Waals surface area contributed by atoms with Crippen molar-refractivity contribution in [2.24, 2.45) is 11.7 Å². The number of hydrogen-bond donors (Lipinski definition) is 2. The van der Waals surface area contributed by atoms with Crippen LogP contribution in [0.2, 0.25) is 0 Å². The summed E-state index contributed by atoms with van der Waals surface area (Å²) in [7, 11) is 0. The maximum absolute atomic E-state index is 5.79. The number of aromatic amines is 1. The third-order valence-electron chi connectivity index (χ3n) is 3.67. The van der Waals surface area contributed by atoms with Crippen LogP contribution in [-0.2, 0) is 12.8 Å². The molecule has 0 spiro atoms. The van der Waals surface area contributed by atoms with E-state index in [1.807, 2.05) is 0 Å².